The summed E-state index contributed by atoms with van der Waals surface area (Å²) >= 11 is 0. The van der Waals surface area contributed by atoms with Crippen molar-refractivity contribution in [2.24, 2.45) is 5.92 Å². The van der Waals surface area contributed by atoms with Crippen LogP contribution in [-0.4, -0.2) is 30.6 Å². The molecule has 19 heavy (non-hydrogen) atoms. The highest BCUT2D eigenvalue weighted by Crippen LogP contribution is 2.24. The summed E-state index contributed by atoms with van der Waals surface area (Å²) in [5.41, 5.74) is 7.94. The Morgan fingerprint density at radius 2 is 2.32 bits per heavy atom. The second-order valence-electron chi connectivity index (χ2n) is 5.50. The zero-order chi connectivity index (χ0) is 13.8. The number of hydrogen-bond acceptors (Lipinski definition) is 4. The Bertz CT molecular complexity index is 476. The Balaban J connectivity index is 1.92. The smallest absolute Gasteiger partial charge is 0.101 e. The highest BCUT2D eigenvalue weighted by Gasteiger charge is 2.23. The molecule has 4 nitrogen and oxygen atoms in total. The number of para-hydroxylation sites is 1. The molecular formula is C15H22N4. The zero-order valence-corrected chi connectivity index (χ0v) is 11.7. The number of likely N-dealkylation sites (tertiary alicyclic amines) is 1. The van der Waals surface area contributed by atoms with E-state index >= 15 is 0 Å². The first kappa shape index (κ1) is 13.7. The molecule has 1 aromatic carbocycles. The lowest BCUT2D eigenvalue weighted by Crippen LogP contribution is -2.29. The fraction of sp³-hybridized carbons (Fsp3) is 0.533. The molecule has 1 unspecified atom stereocenters. The summed E-state index contributed by atoms with van der Waals surface area (Å²) in [4.78, 5) is 2.50. The van der Waals surface area contributed by atoms with Crippen molar-refractivity contribution < 1.29 is 0 Å². The monoisotopic (exact) mass is 258 g/mol. The molecule has 0 spiro atoms. The van der Waals surface area contributed by atoms with Gasteiger partial charge in [-0.15, -0.1) is 0 Å². The van der Waals surface area contributed by atoms with Crippen LogP contribution in [0.25, 0.3) is 0 Å². The average molecular weight is 258 g/mol. The van der Waals surface area contributed by atoms with Crippen LogP contribution in [0.3, 0.4) is 0 Å². The van der Waals surface area contributed by atoms with E-state index < -0.39 is 0 Å². The lowest BCUT2D eigenvalue weighted by atomic mass is 10.1. The molecular weight excluding hydrogens is 236 g/mol. The van der Waals surface area contributed by atoms with Crippen LogP contribution < -0.4 is 11.1 Å². The highest BCUT2D eigenvalue weighted by molar-refractivity contribution is 5.72. The van der Waals surface area contributed by atoms with Gasteiger partial charge in [0.1, 0.15) is 6.07 Å². The number of nitrogen functional groups attached to an aromatic ring is 1. The third kappa shape index (κ3) is 3.18. The van der Waals surface area contributed by atoms with Gasteiger partial charge < -0.3 is 16.0 Å². The number of rotatable bonds is 4. The quantitative estimate of drug-likeness (QED) is 0.813. The molecule has 0 aromatic heterocycles. The molecule has 0 radical (unpaired) electrons. The molecule has 102 valence electrons. The Hall–Kier alpha value is -1.73. The minimum Gasteiger partial charge on any atom is -0.396 e. The van der Waals surface area contributed by atoms with Crippen molar-refractivity contribution in [3.05, 3.63) is 23.8 Å². The van der Waals surface area contributed by atoms with Crippen molar-refractivity contribution in [2.45, 2.75) is 26.3 Å². The van der Waals surface area contributed by atoms with Crippen LogP contribution in [-0.2, 0) is 0 Å². The average Bonchev–Trinajstić information content (AvgIpc) is 2.86. The normalized spacial score (nSPS) is 19.6. The second kappa shape index (κ2) is 5.94. The molecule has 1 aromatic rings. The van der Waals surface area contributed by atoms with E-state index in [0.717, 1.165) is 18.8 Å². The second-order valence-corrected chi connectivity index (χ2v) is 5.50. The Morgan fingerprint density at radius 3 is 2.95 bits per heavy atom. The van der Waals surface area contributed by atoms with Crippen molar-refractivity contribution in [1.29, 1.82) is 5.26 Å². The van der Waals surface area contributed by atoms with Crippen LogP contribution in [0, 0.1) is 17.2 Å². The lowest BCUT2D eigenvalue weighted by molar-refractivity contribution is 0.266. The van der Waals surface area contributed by atoms with Gasteiger partial charge >= 0.3 is 0 Å². The number of hydrogen-bond donors (Lipinski definition) is 2. The van der Waals surface area contributed by atoms with Crippen LogP contribution in [0.4, 0.5) is 11.4 Å². The molecule has 2 rings (SSSR count). The molecule has 3 N–H and O–H groups in total. The SMILES string of the molecule is CC(C)N1CCC(CNc2cccc(C#N)c2N)C1. The van der Waals surface area contributed by atoms with Gasteiger partial charge in [-0.2, -0.15) is 5.26 Å². The highest BCUT2D eigenvalue weighted by atomic mass is 15.2. The van der Waals surface area contributed by atoms with Crippen LogP contribution >= 0.6 is 0 Å². The largest absolute Gasteiger partial charge is 0.396 e. The molecule has 1 fully saturated rings. The maximum Gasteiger partial charge on any atom is 0.101 e. The summed E-state index contributed by atoms with van der Waals surface area (Å²) in [6, 6.07) is 8.28. The molecule has 1 saturated heterocycles. The van der Waals surface area contributed by atoms with E-state index in [4.69, 9.17) is 11.0 Å². The van der Waals surface area contributed by atoms with Crippen molar-refractivity contribution in [2.75, 3.05) is 30.7 Å². The summed E-state index contributed by atoms with van der Waals surface area (Å²) in [6.07, 6.45) is 1.23. The fourth-order valence-electron chi connectivity index (χ4n) is 2.57. The molecule has 0 amide bonds. The van der Waals surface area contributed by atoms with Gasteiger partial charge in [-0.3, -0.25) is 0 Å². The van der Waals surface area contributed by atoms with Crippen molar-refractivity contribution in [3.8, 4) is 6.07 Å². The first-order valence-electron chi connectivity index (χ1n) is 6.88. The zero-order valence-electron chi connectivity index (χ0n) is 11.7. The summed E-state index contributed by atoms with van der Waals surface area (Å²) in [5, 5.41) is 12.3. The topological polar surface area (TPSA) is 65.1 Å². The third-order valence-corrected chi connectivity index (χ3v) is 3.86. The van der Waals surface area contributed by atoms with Gasteiger partial charge in [0.2, 0.25) is 0 Å². The number of nitrogens with one attached hydrogen (secondary N) is 1. The van der Waals surface area contributed by atoms with Crippen LogP contribution in [0.15, 0.2) is 18.2 Å². The molecule has 1 aliphatic rings. The van der Waals surface area contributed by atoms with Gasteiger partial charge in [0.05, 0.1) is 16.9 Å². The van der Waals surface area contributed by atoms with E-state index in [2.05, 4.69) is 30.1 Å². The van der Waals surface area contributed by atoms with Crippen molar-refractivity contribution in [1.82, 2.24) is 4.90 Å². The number of nitriles is 1. The Kier molecular flexibility index (Phi) is 4.28. The standard InChI is InChI=1S/C15H22N4/c1-11(2)19-7-6-12(10-19)9-18-14-5-3-4-13(8-16)15(14)17/h3-5,11-12,18H,6-7,9-10,17H2,1-2H3. The van der Waals surface area contributed by atoms with Crippen LogP contribution in [0.2, 0.25) is 0 Å². The number of anilines is 2. The minimum absolute atomic E-state index is 0.542. The van der Waals surface area contributed by atoms with Crippen LogP contribution in [0.1, 0.15) is 25.8 Å². The van der Waals surface area contributed by atoms with Gasteiger partial charge in [0.15, 0.2) is 0 Å². The van der Waals surface area contributed by atoms with Gasteiger partial charge in [-0.05, 0) is 44.9 Å². The van der Waals surface area contributed by atoms with Crippen molar-refractivity contribution >= 4 is 11.4 Å². The van der Waals surface area contributed by atoms with Crippen molar-refractivity contribution in [3.63, 3.8) is 0 Å². The Morgan fingerprint density at radius 1 is 1.53 bits per heavy atom. The molecule has 1 heterocycles. The molecule has 0 bridgehead atoms. The maximum atomic E-state index is 8.95. The van der Waals surface area contributed by atoms with Crippen LogP contribution in [0.5, 0.6) is 0 Å². The summed E-state index contributed by atoms with van der Waals surface area (Å²) < 4.78 is 0. The first-order valence-corrected chi connectivity index (χ1v) is 6.88. The van der Waals surface area contributed by atoms with Gasteiger partial charge in [0.25, 0.3) is 0 Å². The van der Waals surface area contributed by atoms with E-state index in [9.17, 15) is 0 Å². The molecule has 0 aliphatic carbocycles. The van der Waals surface area contributed by atoms with Gasteiger partial charge in [0, 0.05) is 19.1 Å². The van der Waals surface area contributed by atoms with Gasteiger partial charge in [-0.1, -0.05) is 6.07 Å². The van der Waals surface area contributed by atoms with Gasteiger partial charge in [-0.25, -0.2) is 0 Å². The van der Waals surface area contributed by atoms with E-state index in [-0.39, 0.29) is 0 Å². The lowest BCUT2D eigenvalue weighted by Gasteiger charge is -2.20. The summed E-state index contributed by atoms with van der Waals surface area (Å²) in [5.74, 6) is 0.660. The molecule has 0 saturated carbocycles. The molecule has 1 aliphatic heterocycles. The number of nitrogens with two attached hydrogens (primary N) is 1. The molecule has 4 heteroatoms. The minimum atomic E-state index is 0.542. The summed E-state index contributed by atoms with van der Waals surface area (Å²) in [7, 11) is 0. The predicted molar refractivity (Wildman–Crippen MR) is 78.9 cm³/mol. The molecule has 1 atom stereocenters. The van der Waals surface area contributed by atoms with E-state index in [0.29, 0.717) is 23.2 Å². The third-order valence-electron chi connectivity index (χ3n) is 3.86. The maximum absolute atomic E-state index is 8.95. The fourth-order valence-corrected chi connectivity index (χ4v) is 2.57. The van der Waals surface area contributed by atoms with E-state index in [1.54, 1.807) is 6.07 Å². The number of benzene rings is 1. The predicted octanol–water partition coefficient (Wildman–Crippen LogP) is 2.28. The van der Waals surface area contributed by atoms with E-state index in [1.165, 1.54) is 13.0 Å². The number of nitrogens with zero attached hydrogens (tertiary/aromatic N) is 2. The Labute approximate surface area is 115 Å². The first-order chi connectivity index (χ1) is 9.11. The summed E-state index contributed by atoms with van der Waals surface area (Å²) in [6.45, 7) is 7.72. The van der Waals surface area contributed by atoms with E-state index in [1.807, 2.05) is 12.1 Å².